The largest absolute Gasteiger partial charge is 0.240 e. The van der Waals surface area contributed by atoms with Crippen LogP contribution in [0.25, 0.3) is 10.6 Å². The topological polar surface area (TPSA) is 36.7 Å². The predicted molar refractivity (Wildman–Crippen MR) is 64.5 cm³/mol. The molecular weight excluding hydrogens is 291 g/mol. The Balaban J connectivity index is 2.39. The van der Waals surface area contributed by atoms with Gasteiger partial charge in [0.2, 0.25) is 0 Å². The van der Waals surface area contributed by atoms with Crippen molar-refractivity contribution in [3.8, 4) is 16.6 Å². The fourth-order valence-corrected chi connectivity index (χ4v) is 2.78. The van der Waals surface area contributed by atoms with E-state index in [0.717, 1.165) is 16.3 Å². The smallest absolute Gasteiger partial charge is 0.124 e. The molecule has 0 atom stereocenters. The molecule has 0 fully saturated rings. The number of aromatic nitrogens is 1. The fraction of sp³-hybridized carbons (Fsp3) is 0.0909. The van der Waals surface area contributed by atoms with Gasteiger partial charge in [0.05, 0.1) is 18.2 Å². The van der Waals surface area contributed by atoms with Crippen LogP contribution in [-0.2, 0) is 6.42 Å². The summed E-state index contributed by atoms with van der Waals surface area (Å²) in [6.07, 6.45) is 0.301. The van der Waals surface area contributed by atoms with Crippen molar-refractivity contribution in [1.82, 2.24) is 4.98 Å². The van der Waals surface area contributed by atoms with Gasteiger partial charge in [0.15, 0.2) is 0 Å². The lowest BCUT2D eigenvalue weighted by atomic mass is 10.2. The van der Waals surface area contributed by atoms with Crippen LogP contribution < -0.4 is 0 Å². The van der Waals surface area contributed by atoms with Crippen LogP contribution in [0.4, 0.5) is 4.39 Å². The van der Waals surface area contributed by atoms with E-state index in [1.807, 2.05) is 11.4 Å². The average molecular weight is 297 g/mol. The van der Waals surface area contributed by atoms with Crippen LogP contribution >= 0.6 is 27.3 Å². The zero-order valence-electron chi connectivity index (χ0n) is 8.08. The minimum atomic E-state index is -0.288. The second-order valence-corrected chi connectivity index (χ2v) is 4.82. The monoisotopic (exact) mass is 296 g/mol. The van der Waals surface area contributed by atoms with Crippen LogP contribution in [-0.4, -0.2) is 4.98 Å². The van der Waals surface area contributed by atoms with Crippen molar-refractivity contribution in [2.75, 3.05) is 0 Å². The highest BCUT2D eigenvalue weighted by Crippen LogP contribution is 2.31. The van der Waals surface area contributed by atoms with E-state index in [1.54, 1.807) is 6.07 Å². The zero-order valence-corrected chi connectivity index (χ0v) is 10.5. The molecule has 0 aliphatic heterocycles. The highest BCUT2D eigenvalue weighted by molar-refractivity contribution is 9.10. The molecule has 0 N–H and O–H groups in total. The van der Waals surface area contributed by atoms with Crippen molar-refractivity contribution in [2.24, 2.45) is 0 Å². The minimum Gasteiger partial charge on any atom is -0.240 e. The standard InChI is InChI=1S/C11H6BrFN2S/c12-10-5-7(13)1-2-9(10)11-15-8(3-4-14)6-16-11/h1-2,5-6H,3H2. The first-order valence-electron chi connectivity index (χ1n) is 4.47. The third-order valence-corrected chi connectivity index (χ3v) is 3.55. The van der Waals surface area contributed by atoms with Crippen molar-refractivity contribution in [3.63, 3.8) is 0 Å². The second kappa shape index (κ2) is 4.73. The number of thiazole rings is 1. The summed E-state index contributed by atoms with van der Waals surface area (Å²) in [5.41, 5.74) is 1.59. The Morgan fingerprint density at radius 3 is 3.00 bits per heavy atom. The van der Waals surface area contributed by atoms with Gasteiger partial charge in [-0.15, -0.1) is 11.3 Å². The van der Waals surface area contributed by atoms with Gasteiger partial charge in [0.25, 0.3) is 0 Å². The Kier molecular flexibility index (Phi) is 3.32. The number of hydrogen-bond acceptors (Lipinski definition) is 3. The van der Waals surface area contributed by atoms with Crippen LogP contribution in [0, 0.1) is 17.1 Å². The van der Waals surface area contributed by atoms with Gasteiger partial charge >= 0.3 is 0 Å². The molecule has 1 heterocycles. The molecule has 0 spiro atoms. The molecule has 2 aromatic rings. The Bertz CT molecular complexity index is 559. The maximum absolute atomic E-state index is 12.9. The van der Waals surface area contributed by atoms with Crippen molar-refractivity contribution in [1.29, 1.82) is 5.26 Å². The third-order valence-electron chi connectivity index (χ3n) is 1.97. The summed E-state index contributed by atoms with van der Waals surface area (Å²) in [4.78, 5) is 4.30. The molecule has 80 valence electrons. The molecule has 0 bridgehead atoms. The van der Waals surface area contributed by atoms with Gasteiger partial charge < -0.3 is 0 Å². The Morgan fingerprint density at radius 1 is 1.50 bits per heavy atom. The zero-order chi connectivity index (χ0) is 11.5. The van der Waals surface area contributed by atoms with E-state index >= 15 is 0 Å². The fourth-order valence-electron chi connectivity index (χ4n) is 1.26. The molecule has 1 aromatic carbocycles. The number of nitrogens with zero attached hydrogens (tertiary/aromatic N) is 2. The summed E-state index contributed by atoms with van der Waals surface area (Å²) in [7, 11) is 0. The van der Waals surface area contributed by atoms with Gasteiger partial charge in [0, 0.05) is 15.4 Å². The molecule has 0 aliphatic carbocycles. The lowest BCUT2D eigenvalue weighted by Gasteiger charge is -1.99. The van der Waals surface area contributed by atoms with Gasteiger partial charge in [-0.25, -0.2) is 9.37 Å². The molecule has 2 rings (SSSR count). The molecule has 0 saturated carbocycles. The first-order chi connectivity index (χ1) is 7.70. The summed E-state index contributed by atoms with van der Waals surface area (Å²) in [6.45, 7) is 0. The van der Waals surface area contributed by atoms with E-state index < -0.39 is 0 Å². The number of hydrogen-bond donors (Lipinski definition) is 0. The molecule has 0 aliphatic rings. The normalized spacial score (nSPS) is 10.1. The maximum atomic E-state index is 12.9. The third kappa shape index (κ3) is 2.29. The van der Waals surface area contributed by atoms with E-state index in [0.29, 0.717) is 10.9 Å². The van der Waals surface area contributed by atoms with Gasteiger partial charge in [-0.3, -0.25) is 0 Å². The lowest BCUT2D eigenvalue weighted by Crippen LogP contribution is -1.84. The van der Waals surface area contributed by atoms with Gasteiger partial charge in [-0.1, -0.05) is 0 Å². The molecule has 0 saturated heterocycles. The summed E-state index contributed by atoms with van der Waals surface area (Å²) >= 11 is 4.74. The summed E-state index contributed by atoms with van der Waals surface area (Å²) in [6, 6.07) is 6.52. The highest BCUT2D eigenvalue weighted by Gasteiger charge is 2.08. The molecule has 1 aromatic heterocycles. The van der Waals surface area contributed by atoms with Gasteiger partial charge in [-0.05, 0) is 34.1 Å². The van der Waals surface area contributed by atoms with E-state index in [1.165, 1.54) is 23.5 Å². The predicted octanol–water partition coefficient (Wildman–Crippen LogP) is 3.78. The van der Waals surface area contributed by atoms with Crippen LogP contribution in [0.5, 0.6) is 0 Å². The van der Waals surface area contributed by atoms with Crippen molar-refractivity contribution in [3.05, 3.63) is 39.6 Å². The number of halogens is 2. The van der Waals surface area contributed by atoms with Crippen molar-refractivity contribution >= 4 is 27.3 Å². The minimum absolute atomic E-state index is 0.288. The van der Waals surface area contributed by atoms with Crippen LogP contribution in [0.1, 0.15) is 5.69 Å². The SMILES string of the molecule is N#CCc1csc(-c2ccc(F)cc2Br)n1. The number of nitriles is 1. The first kappa shape index (κ1) is 11.2. The van der Waals surface area contributed by atoms with Crippen LogP contribution in [0.2, 0.25) is 0 Å². The molecule has 0 unspecified atom stereocenters. The Hall–Kier alpha value is -1.25. The number of rotatable bonds is 2. The average Bonchev–Trinajstić information content (AvgIpc) is 2.67. The van der Waals surface area contributed by atoms with Crippen molar-refractivity contribution < 1.29 is 4.39 Å². The summed E-state index contributed by atoms with van der Waals surface area (Å²) in [5, 5.41) is 11.2. The van der Waals surface area contributed by atoms with E-state index in [-0.39, 0.29) is 5.82 Å². The molecule has 5 heteroatoms. The van der Waals surface area contributed by atoms with Gasteiger partial charge in [-0.2, -0.15) is 5.26 Å². The summed E-state index contributed by atoms with van der Waals surface area (Å²) < 4.78 is 13.6. The van der Waals surface area contributed by atoms with Crippen molar-refractivity contribution in [2.45, 2.75) is 6.42 Å². The Morgan fingerprint density at radius 2 is 2.31 bits per heavy atom. The maximum Gasteiger partial charge on any atom is 0.124 e. The molecule has 16 heavy (non-hydrogen) atoms. The molecule has 0 amide bonds. The first-order valence-corrected chi connectivity index (χ1v) is 6.15. The van der Waals surface area contributed by atoms with Crippen LogP contribution in [0.3, 0.4) is 0 Å². The number of benzene rings is 1. The Labute approximate surface area is 105 Å². The highest BCUT2D eigenvalue weighted by atomic mass is 79.9. The summed E-state index contributed by atoms with van der Waals surface area (Å²) in [5.74, 6) is -0.288. The van der Waals surface area contributed by atoms with E-state index in [2.05, 4.69) is 20.9 Å². The lowest BCUT2D eigenvalue weighted by molar-refractivity contribution is 0.627. The molecule has 2 nitrogen and oxygen atoms in total. The molecular formula is C11H6BrFN2S. The van der Waals surface area contributed by atoms with E-state index in [4.69, 9.17) is 5.26 Å². The van der Waals surface area contributed by atoms with E-state index in [9.17, 15) is 4.39 Å². The van der Waals surface area contributed by atoms with Gasteiger partial charge in [0.1, 0.15) is 10.8 Å². The van der Waals surface area contributed by atoms with Crippen LogP contribution in [0.15, 0.2) is 28.1 Å². The second-order valence-electron chi connectivity index (χ2n) is 3.10. The quantitative estimate of drug-likeness (QED) is 0.846. The molecule has 0 radical (unpaired) electrons.